The number of fused-ring (bicyclic) bond motifs is 1. The zero-order valence-corrected chi connectivity index (χ0v) is 13.8. The zero-order chi connectivity index (χ0) is 15.6. The number of nitrogens with one attached hydrogen (secondary N) is 1. The van der Waals surface area contributed by atoms with E-state index >= 15 is 0 Å². The first kappa shape index (κ1) is 15.9. The molecule has 2 aliphatic heterocycles. The van der Waals surface area contributed by atoms with Crippen molar-refractivity contribution >= 4 is 23.6 Å². The van der Waals surface area contributed by atoms with Crippen molar-refractivity contribution in [2.45, 2.75) is 52.7 Å². The second kappa shape index (κ2) is 6.56. The number of amides is 1. The van der Waals surface area contributed by atoms with Crippen molar-refractivity contribution in [3.8, 4) is 0 Å². The SMILES string of the molecule is CC(C)NC(=O)CC1=CSC2=C(C(=O)OC(C)C)CCN12. The van der Waals surface area contributed by atoms with Gasteiger partial charge in [-0.3, -0.25) is 4.79 Å². The van der Waals surface area contributed by atoms with Gasteiger partial charge >= 0.3 is 5.97 Å². The number of nitrogens with zero attached hydrogens (tertiary/aromatic N) is 1. The molecule has 0 aromatic carbocycles. The lowest BCUT2D eigenvalue weighted by molar-refractivity contribution is -0.142. The molecule has 5 nitrogen and oxygen atoms in total. The van der Waals surface area contributed by atoms with Crippen LogP contribution >= 0.6 is 11.8 Å². The van der Waals surface area contributed by atoms with E-state index < -0.39 is 0 Å². The third-order valence-corrected chi connectivity index (χ3v) is 4.20. The lowest BCUT2D eigenvalue weighted by Gasteiger charge is -2.18. The fourth-order valence-electron chi connectivity index (χ4n) is 2.34. The minimum absolute atomic E-state index is 0.0105. The van der Waals surface area contributed by atoms with Crippen molar-refractivity contribution in [1.82, 2.24) is 10.2 Å². The summed E-state index contributed by atoms with van der Waals surface area (Å²) in [7, 11) is 0. The summed E-state index contributed by atoms with van der Waals surface area (Å²) in [6.07, 6.45) is 0.911. The van der Waals surface area contributed by atoms with Gasteiger partial charge in [-0.05, 0) is 33.1 Å². The van der Waals surface area contributed by atoms with E-state index in [1.54, 1.807) is 0 Å². The molecule has 0 saturated heterocycles. The Hall–Kier alpha value is -1.43. The highest BCUT2D eigenvalue weighted by atomic mass is 32.2. The molecule has 0 spiro atoms. The van der Waals surface area contributed by atoms with Gasteiger partial charge in [-0.25, -0.2) is 4.79 Å². The quantitative estimate of drug-likeness (QED) is 0.790. The molecule has 0 aliphatic carbocycles. The minimum atomic E-state index is -0.240. The summed E-state index contributed by atoms with van der Waals surface area (Å²) < 4.78 is 5.27. The molecule has 0 fully saturated rings. The fraction of sp³-hybridized carbons (Fsp3) is 0.600. The first-order valence-electron chi connectivity index (χ1n) is 7.25. The molecule has 0 saturated carbocycles. The fourth-order valence-corrected chi connectivity index (χ4v) is 3.46. The molecule has 6 heteroatoms. The molecule has 21 heavy (non-hydrogen) atoms. The summed E-state index contributed by atoms with van der Waals surface area (Å²) in [6.45, 7) is 8.31. The highest BCUT2D eigenvalue weighted by Gasteiger charge is 2.34. The second-order valence-corrected chi connectivity index (χ2v) is 6.62. The number of hydrogen-bond donors (Lipinski definition) is 1. The van der Waals surface area contributed by atoms with Gasteiger partial charge in [0, 0.05) is 24.7 Å². The van der Waals surface area contributed by atoms with Crippen molar-refractivity contribution in [1.29, 1.82) is 0 Å². The van der Waals surface area contributed by atoms with Crippen LogP contribution in [-0.2, 0) is 14.3 Å². The van der Waals surface area contributed by atoms with Crippen molar-refractivity contribution in [2.24, 2.45) is 0 Å². The van der Waals surface area contributed by atoms with E-state index in [0.717, 1.165) is 22.8 Å². The molecular formula is C15H22N2O3S. The number of carbonyl (C=O) groups is 2. The molecule has 1 amide bonds. The molecule has 116 valence electrons. The maximum Gasteiger partial charge on any atom is 0.337 e. The number of thioether (sulfide) groups is 1. The standard InChI is InChI=1S/C15H22N2O3S/c1-9(2)16-13(18)7-11-8-21-14-12(5-6-17(11)14)15(19)20-10(3)4/h8-10H,5-7H2,1-4H3,(H,16,18). The molecule has 0 atom stereocenters. The topological polar surface area (TPSA) is 58.6 Å². The van der Waals surface area contributed by atoms with Crippen LogP contribution in [0.5, 0.6) is 0 Å². The number of carbonyl (C=O) groups excluding carboxylic acids is 2. The summed E-state index contributed by atoms with van der Waals surface area (Å²) >= 11 is 1.51. The normalized spacial score (nSPS) is 17.4. The predicted octanol–water partition coefficient (Wildman–Crippen LogP) is 2.36. The molecule has 0 aromatic rings. The lowest BCUT2D eigenvalue weighted by Crippen LogP contribution is -2.31. The lowest BCUT2D eigenvalue weighted by atomic mass is 10.2. The Bertz CT molecular complexity index is 509. The monoisotopic (exact) mass is 310 g/mol. The summed E-state index contributed by atoms with van der Waals surface area (Å²) in [5.41, 5.74) is 1.68. The number of esters is 1. The van der Waals surface area contributed by atoms with Crippen molar-refractivity contribution in [3.05, 3.63) is 21.7 Å². The highest BCUT2D eigenvalue weighted by molar-refractivity contribution is 8.06. The third-order valence-electron chi connectivity index (χ3n) is 3.12. The van der Waals surface area contributed by atoms with Crippen LogP contribution in [0.25, 0.3) is 0 Å². The molecule has 2 aliphatic rings. The molecule has 2 heterocycles. The molecule has 1 N–H and O–H groups in total. The minimum Gasteiger partial charge on any atom is -0.460 e. The van der Waals surface area contributed by atoms with Gasteiger partial charge in [-0.1, -0.05) is 11.8 Å². The molecular weight excluding hydrogens is 288 g/mol. The first-order chi connectivity index (χ1) is 9.88. The maximum atomic E-state index is 12.1. The van der Waals surface area contributed by atoms with Gasteiger partial charge in [0.15, 0.2) is 0 Å². The summed E-state index contributed by atoms with van der Waals surface area (Å²) in [5.74, 6) is -0.229. The van der Waals surface area contributed by atoms with Crippen LogP contribution in [-0.4, -0.2) is 35.5 Å². The number of hydrogen-bond acceptors (Lipinski definition) is 5. The van der Waals surface area contributed by atoms with Gasteiger partial charge in [0.1, 0.15) is 0 Å². The van der Waals surface area contributed by atoms with Crippen molar-refractivity contribution in [3.63, 3.8) is 0 Å². The Balaban J connectivity index is 2.01. The average molecular weight is 310 g/mol. The Morgan fingerprint density at radius 1 is 1.38 bits per heavy atom. The van der Waals surface area contributed by atoms with Crippen molar-refractivity contribution in [2.75, 3.05) is 6.54 Å². The summed E-state index contributed by atoms with van der Waals surface area (Å²) in [5, 5.41) is 5.77. The van der Waals surface area contributed by atoms with E-state index in [1.807, 2.05) is 33.1 Å². The predicted molar refractivity (Wildman–Crippen MR) is 83.1 cm³/mol. The Kier molecular flexibility index (Phi) is 4.98. The van der Waals surface area contributed by atoms with Crippen LogP contribution in [0, 0.1) is 0 Å². The summed E-state index contributed by atoms with van der Waals surface area (Å²) in [6, 6.07) is 0.136. The number of ether oxygens (including phenoxy) is 1. The van der Waals surface area contributed by atoms with Crippen LogP contribution in [0.1, 0.15) is 40.5 Å². The largest absolute Gasteiger partial charge is 0.460 e. The van der Waals surface area contributed by atoms with E-state index in [4.69, 9.17) is 4.74 Å². The summed E-state index contributed by atoms with van der Waals surface area (Å²) in [4.78, 5) is 26.0. The van der Waals surface area contributed by atoms with E-state index in [1.165, 1.54) is 11.8 Å². The molecule has 2 rings (SSSR count). The van der Waals surface area contributed by atoms with E-state index in [9.17, 15) is 9.59 Å². The van der Waals surface area contributed by atoms with Gasteiger partial charge in [0.25, 0.3) is 0 Å². The van der Waals surface area contributed by atoms with Crippen LogP contribution in [0.2, 0.25) is 0 Å². The Labute approximate surface area is 129 Å². The van der Waals surface area contributed by atoms with Gasteiger partial charge in [-0.15, -0.1) is 0 Å². The number of rotatable bonds is 5. The van der Waals surface area contributed by atoms with E-state index in [-0.39, 0.29) is 24.0 Å². The third kappa shape index (κ3) is 3.81. The molecule has 0 bridgehead atoms. The Morgan fingerprint density at radius 3 is 2.71 bits per heavy atom. The molecule has 0 radical (unpaired) electrons. The highest BCUT2D eigenvalue weighted by Crippen LogP contribution is 2.43. The van der Waals surface area contributed by atoms with Crippen LogP contribution in [0.3, 0.4) is 0 Å². The van der Waals surface area contributed by atoms with Crippen LogP contribution < -0.4 is 5.32 Å². The zero-order valence-electron chi connectivity index (χ0n) is 12.9. The van der Waals surface area contributed by atoms with Gasteiger partial charge in [-0.2, -0.15) is 0 Å². The van der Waals surface area contributed by atoms with Crippen LogP contribution in [0.4, 0.5) is 0 Å². The molecule has 0 unspecified atom stereocenters. The maximum absolute atomic E-state index is 12.1. The smallest absolute Gasteiger partial charge is 0.337 e. The average Bonchev–Trinajstić information content (AvgIpc) is 2.90. The van der Waals surface area contributed by atoms with Crippen molar-refractivity contribution < 1.29 is 14.3 Å². The van der Waals surface area contributed by atoms with E-state index in [0.29, 0.717) is 12.8 Å². The van der Waals surface area contributed by atoms with Gasteiger partial charge in [0.2, 0.25) is 5.91 Å². The van der Waals surface area contributed by atoms with Crippen LogP contribution in [0.15, 0.2) is 21.7 Å². The van der Waals surface area contributed by atoms with Gasteiger partial charge < -0.3 is 15.0 Å². The van der Waals surface area contributed by atoms with Gasteiger partial charge in [0.05, 0.1) is 23.1 Å². The molecule has 0 aromatic heterocycles. The van der Waals surface area contributed by atoms with E-state index in [2.05, 4.69) is 10.2 Å². The second-order valence-electron chi connectivity index (χ2n) is 5.77. The Morgan fingerprint density at radius 2 is 2.10 bits per heavy atom. The first-order valence-corrected chi connectivity index (χ1v) is 8.13.